The fraction of sp³-hybridized carbons (Fsp3) is 0.846. The van der Waals surface area contributed by atoms with Gasteiger partial charge in [0.2, 0.25) is 5.91 Å². The third-order valence-corrected chi connectivity index (χ3v) is 3.17. The van der Waals surface area contributed by atoms with Crippen LogP contribution >= 0.6 is 0 Å². The van der Waals surface area contributed by atoms with Crippen molar-refractivity contribution < 1.29 is 4.79 Å². The van der Waals surface area contributed by atoms with Crippen LogP contribution in [0.15, 0.2) is 0 Å². The van der Waals surface area contributed by atoms with Gasteiger partial charge in [-0.15, -0.1) is 0 Å². The Morgan fingerprint density at radius 1 is 1.47 bits per heavy atom. The van der Waals surface area contributed by atoms with Gasteiger partial charge in [0.15, 0.2) is 0 Å². The number of nitrogens with zero attached hydrogens (tertiary/aromatic N) is 2. The Balaban J connectivity index is 4.36. The van der Waals surface area contributed by atoms with Crippen molar-refractivity contribution in [2.45, 2.75) is 52.6 Å². The van der Waals surface area contributed by atoms with Crippen LogP contribution in [0.3, 0.4) is 0 Å². The normalized spacial score (nSPS) is 15.2. The van der Waals surface area contributed by atoms with Crippen LogP contribution in [0, 0.1) is 17.2 Å². The van der Waals surface area contributed by atoms with Gasteiger partial charge in [0.25, 0.3) is 0 Å². The summed E-state index contributed by atoms with van der Waals surface area (Å²) in [6.07, 6.45) is 0.893. The van der Waals surface area contributed by atoms with E-state index >= 15 is 0 Å². The summed E-state index contributed by atoms with van der Waals surface area (Å²) in [7, 11) is 1.87. The molecule has 0 aliphatic rings. The molecule has 0 saturated carbocycles. The SMILES string of the molecule is CCC(C)(C)NC(=O)C(C)N(C)CC(C)C#N. The van der Waals surface area contributed by atoms with E-state index in [1.165, 1.54) is 0 Å². The smallest absolute Gasteiger partial charge is 0.237 e. The number of hydrogen-bond acceptors (Lipinski definition) is 3. The molecular formula is C13H25N3O. The highest BCUT2D eigenvalue weighted by Gasteiger charge is 2.24. The first-order chi connectivity index (χ1) is 7.73. The molecule has 4 heteroatoms. The lowest BCUT2D eigenvalue weighted by Gasteiger charge is -2.30. The zero-order valence-electron chi connectivity index (χ0n) is 11.9. The molecule has 4 nitrogen and oxygen atoms in total. The van der Waals surface area contributed by atoms with E-state index in [1.807, 2.05) is 46.6 Å². The maximum absolute atomic E-state index is 12.0. The van der Waals surface area contributed by atoms with Gasteiger partial charge in [0.05, 0.1) is 18.0 Å². The topological polar surface area (TPSA) is 56.1 Å². The van der Waals surface area contributed by atoms with Crippen LogP contribution in [0.2, 0.25) is 0 Å². The summed E-state index contributed by atoms with van der Waals surface area (Å²) in [5, 5.41) is 11.8. The molecule has 0 radical (unpaired) electrons. The molecule has 0 aromatic rings. The Kier molecular flexibility index (Phi) is 6.19. The maximum atomic E-state index is 12.0. The van der Waals surface area contributed by atoms with E-state index in [-0.39, 0.29) is 23.4 Å². The van der Waals surface area contributed by atoms with Gasteiger partial charge in [-0.3, -0.25) is 9.69 Å². The predicted octanol–water partition coefficient (Wildman–Crippen LogP) is 1.77. The number of carbonyl (C=O) groups excluding carboxylic acids is 1. The van der Waals surface area contributed by atoms with E-state index in [0.717, 1.165) is 6.42 Å². The fourth-order valence-electron chi connectivity index (χ4n) is 1.36. The molecule has 0 heterocycles. The quantitative estimate of drug-likeness (QED) is 0.768. The van der Waals surface area contributed by atoms with Crippen molar-refractivity contribution in [3.05, 3.63) is 0 Å². The minimum atomic E-state index is -0.211. The first kappa shape index (κ1) is 15.9. The first-order valence-corrected chi connectivity index (χ1v) is 6.15. The van der Waals surface area contributed by atoms with Gasteiger partial charge in [-0.25, -0.2) is 0 Å². The summed E-state index contributed by atoms with van der Waals surface area (Å²) in [6, 6.07) is 1.96. The molecule has 1 N–H and O–H groups in total. The van der Waals surface area contributed by atoms with Crippen molar-refractivity contribution >= 4 is 5.91 Å². The van der Waals surface area contributed by atoms with Gasteiger partial charge < -0.3 is 5.32 Å². The fourth-order valence-corrected chi connectivity index (χ4v) is 1.36. The number of amides is 1. The molecule has 0 bridgehead atoms. The number of nitriles is 1. The van der Waals surface area contributed by atoms with Crippen LogP contribution in [-0.4, -0.2) is 36.0 Å². The summed E-state index contributed by atoms with van der Waals surface area (Å²) in [6.45, 7) is 10.4. The molecule has 17 heavy (non-hydrogen) atoms. The van der Waals surface area contributed by atoms with E-state index < -0.39 is 0 Å². The zero-order chi connectivity index (χ0) is 13.6. The van der Waals surface area contributed by atoms with Gasteiger partial charge in [-0.05, 0) is 41.2 Å². The van der Waals surface area contributed by atoms with Crippen molar-refractivity contribution in [1.82, 2.24) is 10.2 Å². The van der Waals surface area contributed by atoms with Crippen LogP contribution < -0.4 is 5.32 Å². The maximum Gasteiger partial charge on any atom is 0.237 e. The summed E-state index contributed by atoms with van der Waals surface area (Å²) in [5.74, 6) is -0.0427. The molecule has 0 aliphatic heterocycles. The standard InChI is InChI=1S/C13H25N3O/c1-7-13(4,5)15-12(17)11(3)16(6)9-10(2)8-14/h10-11H,7,9H2,1-6H3,(H,15,17). The summed E-state index contributed by atoms with van der Waals surface area (Å²) < 4.78 is 0. The zero-order valence-corrected chi connectivity index (χ0v) is 11.9. The van der Waals surface area contributed by atoms with Gasteiger partial charge in [-0.1, -0.05) is 6.92 Å². The average molecular weight is 239 g/mol. The molecule has 98 valence electrons. The van der Waals surface area contributed by atoms with E-state index in [4.69, 9.17) is 5.26 Å². The Labute approximate surface area is 105 Å². The van der Waals surface area contributed by atoms with Gasteiger partial charge in [0, 0.05) is 12.1 Å². The third-order valence-electron chi connectivity index (χ3n) is 3.17. The molecule has 0 fully saturated rings. The first-order valence-electron chi connectivity index (χ1n) is 6.15. The molecule has 0 aromatic heterocycles. The number of hydrogen-bond donors (Lipinski definition) is 1. The second-order valence-corrected chi connectivity index (χ2v) is 5.37. The van der Waals surface area contributed by atoms with E-state index in [0.29, 0.717) is 6.54 Å². The van der Waals surface area contributed by atoms with Crippen molar-refractivity contribution in [1.29, 1.82) is 5.26 Å². The van der Waals surface area contributed by atoms with E-state index in [1.54, 1.807) is 0 Å². The minimum Gasteiger partial charge on any atom is -0.350 e. The van der Waals surface area contributed by atoms with Crippen molar-refractivity contribution in [3.8, 4) is 6.07 Å². The molecule has 0 spiro atoms. The van der Waals surface area contributed by atoms with E-state index in [2.05, 4.69) is 11.4 Å². The largest absolute Gasteiger partial charge is 0.350 e. The van der Waals surface area contributed by atoms with Crippen LogP contribution in [0.1, 0.15) is 41.0 Å². The highest BCUT2D eigenvalue weighted by molar-refractivity contribution is 5.81. The van der Waals surface area contributed by atoms with Crippen LogP contribution in [-0.2, 0) is 4.79 Å². The highest BCUT2D eigenvalue weighted by atomic mass is 16.2. The second kappa shape index (κ2) is 6.61. The van der Waals surface area contributed by atoms with Gasteiger partial charge in [0.1, 0.15) is 0 Å². The van der Waals surface area contributed by atoms with Crippen molar-refractivity contribution in [2.75, 3.05) is 13.6 Å². The Morgan fingerprint density at radius 2 is 2.00 bits per heavy atom. The average Bonchev–Trinajstić information content (AvgIpc) is 2.27. The molecule has 0 saturated heterocycles. The molecule has 0 aromatic carbocycles. The highest BCUT2D eigenvalue weighted by Crippen LogP contribution is 2.09. The minimum absolute atomic E-state index is 0.0180. The van der Waals surface area contributed by atoms with Crippen LogP contribution in [0.5, 0.6) is 0 Å². The number of nitrogens with one attached hydrogen (secondary N) is 1. The number of rotatable bonds is 6. The van der Waals surface area contributed by atoms with Crippen LogP contribution in [0.4, 0.5) is 0 Å². The molecule has 0 aliphatic carbocycles. The lowest BCUT2D eigenvalue weighted by atomic mass is 10.0. The van der Waals surface area contributed by atoms with Crippen LogP contribution in [0.25, 0.3) is 0 Å². The Bertz CT molecular complexity index is 294. The van der Waals surface area contributed by atoms with E-state index in [9.17, 15) is 4.79 Å². The summed E-state index contributed by atoms with van der Waals surface area (Å²) in [4.78, 5) is 13.9. The lowest BCUT2D eigenvalue weighted by molar-refractivity contribution is -0.127. The Morgan fingerprint density at radius 3 is 2.41 bits per heavy atom. The third kappa shape index (κ3) is 5.69. The predicted molar refractivity (Wildman–Crippen MR) is 69.4 cm³/mol. The number of likely N-dealkylation sites (N-methyl/N-ethyl adjacent to an activating group) is 1. The summed E-state index contributed by atoms with van der Waals surface area (Å²) >= 11 is 0. The monoisotopic (exact) mass is 239 g/mol. The number of carbonyl (C=O) groups is 1. The molecule has 2 unspecified atom stereocenters. The molecule has 2 atom stereocenters. The van der Waals surface area contributed by atoms with Crippen molar-refractivity contribution in [3.63, 3.8) is 0 Å². The second-order valence-electron chi connectivity index (χ2n) is 5.37. The Hall–Kier alpha value is -1.08. The van der Waals surface area contributed by atoms with Gasteiger partial charge >= 0.3 is 0 Å². The van der Waals surface area contributed by atoms with Crippen molar-refractivity contribution in [2.24, 2.45) is 5.92 Å². The lowest BCUT2D eigenvalue weighted by Crippen LogP contribution is -2.51. The summed E-state index contributed by atoms with van der Waals surface area (Å²) in [5.41, 5.74) is -0.174. The van der Waals surface area contributed by atoms with Gasteiger partial charge in [-0.2, -0.15) is 5.26 Å². The molecular weight excluding hydrogens is 214 g/mol. The molecule has 0 rings (SSSR count). The molecule has 1 amide bonds.